The molecule has 0 atom stereocenters. The molecule has 2 aromatic rings. The zero-order chi connectivity index (χ0) is 15.6. The standard InChI is InChI=1S/C18H18FNO2/c19-17-11-6-10-15(13-17)7-4-5-12-20-18(21)22-14-16-8-2-1-3-9-16/h1-4,6-11,13H,5,12,14H2,(H,20,21). The van der Waals surface area contributed by atoms with Crippen LogP contribution < -0.4 is 5.32 Å². The molecule has 1 amide bonds. The van der Waals surface area contributed by atoms with Crippen molar-refractivity contribution in [3.63, 3.8) is 0 Å². The lowest BCUT2D eigenvalue weighted by molar-refractivity contribution is 0.140. The molecule has 1 N–H and O–H groups in total. The SMILES string of the molecule is O=C(NCCC=Cc1cccc(F)c1)OCc1ccccc1. The minimum absolute atomic E-state index is 0.256. The maximum atomic E-state index is 13.0. The lowest BCUT2D eigenvalue weighted by Crippen LogP contribution is -2.24. The minimum atomic E-state index is -0.442. The molecule has 114 valence electrons. The largest absolute Gasteiger partial charge is 0.445 e. The van der Waals surface area contributed by atoms with Crippen molar-refractivity contribution in [1.82, 2.24) is 5.32 Å². The number of carbonyl (C=O) groups is 1. The van der Waals surface area contributed by atoms with E-state index in [9.17, 15) is 9.18 Å². The molecule has 0 radical (unpaired) electrons. The van der Waals surface area contributed by atoms with Crippen LogP contribution in [-0.4, -0.2) is 12.6 Å². The van der Waals surface area contributed by atoms with Gasteiger partial charge in [-0.05, 0) is 29.7 Å². The third kappa shape index (κ3) is 5.79. The molecule has 0 saturated heterocycles. The highest BCUT2D eigenvalue weighted by Gasteiger charge is 2.00. The molecule has 3 nitrogen and oxygen atoms in total. The van der Waals surface area contributed by atoms with Crippen LogP contribution in [0.2, 0.25) is 0 Å². The summed E-state index contributed by atoms with van der Waals surface area (Å²) < 4.78 is 18.1. The molecule has 0 saturated carbocycles. The molecule has 0 fully saturated rings. The summed E-state index contributed by atoms with van der Waals surface area (Å²) in [6, 6.07) is 15.8. The van der Waals surface area contributed by atoms with Crippen LogP contribution in [0, 0.1) is 5.82 Å². The van der Waals surface area contributed by atoms with E-state index < -0.39 is 6.09 Å². The predicted octanol–water partition coefficient (Wildman–Crippen LogP) is 4.16. The van der Waals surface area contributed by atoms with E-state index in [-0.39, 0.29) is 12.4 Å². The van der Waals surface area contributed by atoms with Gasteiger partial charge in [-0.1, -0.05) is 54.6 Å². The van der Waals surface area contributed by atoms with Crippen LogP contribution in [0.3, 0.4) is 0 Å². The van der Waals surface area contributed by atoms with Crippen LogP contribution in [0.4, 0.5) is 9.18 Å². The topological polar surface area (TPSA) is 38.3 Å². The quantitative estimate of drug-likeness (QED) is 0.814. The monoisotopic (exact) mass is 299 g/mol. The summed E-state index contributed by atoms with van der Waals surface area (Å²) in [5.74, 6) is -0.259. The summed E-state index contributed by atoms with van der Waals surface area (Å²) in [7, 11) is 0. The normalized spacial score (nSPS) is 10.6. The van der Waals surface area contributed by atoms with Crippen molar-refractivity contribution in [3.05, 3.63) is 77.6 Å². The molecule has 0 heterocycles. The first-order valence-corrected chi connectivity index (χ1v) is 7.11. The molecule has 0 aliphatic rings. The summed E-state index contributed by atoms with van der Waals surface area (Å²) in [5, 5.41) is 2.66. The highest BCUT2D eigenvalue weighted by atomic mass is 19.1. The first-order chi connectivity index (χ1) is 10.7. The fourth-order valence-corrected chi connectivity index (χ4v) is 1.86. The van der Waals surface area contributed by atoms with Gasteiger partial charge in [-0.15, -0.1) is 0 Å². The number of nitrogens with one attached hydrogen (secondary N) is 1. The second kappa shape index (κ2) is 8.62. The van der Waals surface area contributed by atoms with Gasteiger partial charge < -0.3 is 10.1 Å². The zero-order valence-electron chi connectivity index (χ0n) is 12.2. The molecule has 0 aliphatic carbocycles. The van der Waals surface area contributed by atoms with Crippen LogP contribution >= 0.6 is 0 Å². The van der Waals surface area contributed by atoms with Crippen LogP contribution in [0.5, 0.6) is 0 Å². The molecule has 4 heteroatoms. The smallest absolute Gasteiger partial charge is 0.407 e. The Bertz CT molecular complexity index is 626. The Morgan fingerprint density at radius 1 is 1.14 bits per heavy atom. The van der Waals surface area contributed by atoms with E-state index in [1.54, 1.807) is 6.07 Å². The van der Waals surface area contributed by atoms with Crippen LogP contribution in [0.1, 0.15) is 17.5 Å². The average Bonchev–Trinajstić information content (AvgIpc) is 2.54. The number of benzene rings is 2. The second-order valence-electron chi connectivity index (χ2n) is 4.73. The summed E-state index contributed by atoms with van der Waals surface area (Å²) in [5.41, 5.74) is 1.75. The first kappa shape index (κ1) is 15.8. The van der Waals surface area contributed by atoms with Crippen LogP contribution in [-0.2, 0) is 11.3 Å². The zero-order valence-corrected chi connectivity index (χ0v) is 12.2. The summed E-state index contributed by atoms with van der Waals surface area (Å²) in [6.45, 7) is 0.727. The van der Waals surface area contributed by atoms with Gasteiger partial charge >= 0.3 is 6.09 Å². The summed E-state index contributed by atoms with van der Waals surface area (Å²) >= 11 is 0. The van der Waals surface area contributed by atoms with E-state index in [0.29, 0.717) is 13.0 Å². The van der Waals surface area contributed by atoms with Crippen molar-refractivity contribution in [2.75, 3.05) is 6.54 Å². The third-order valence-corrected chi connectivity index (χ3v) is 2.95. The maximum absolute atomic E-state index is 13.0. The molecule has 0 spiro atoms. The van der Waals surface area contributed by atoms with Gasteiger partial charge in [0.15, 0.2) is 0 Å². The van der Waals surface area contributed by atoms with Crippen molar-refractivity contribution in [1.29, 1.82) is 0 Å². The van der Waals surface area contributed by atoms with Gasteiger partial charge in [0.05, 0.1) is 0 Å². The van der Waals surface area contributed by atoms with Crippen LogP contribution in [0.25, 0.3) is 6.08 Å². The molecule has 0 unspecified atom stereocenters. The number of hydrogen-bond donors (Lipinski definition) is 1. The highest BCUT2D eigenvalue weighted by molar-refractivity contribution is 5.67. The van der Waals surface area contributed by atoms with Crippen LogP contribution in [0.15, 0.2) is 60.7 Å². The minimum Gasteiger partial charge on any atom is -0.445 e. The van der Waals surface area contributed by atoms with Gasteiger partial charge in [-0.25, -0.2) is 9.18 Å². The van der Waals surface area contributed by atoms with Gasteiger partial charge in [0, 0.05) is 6.54 Å². The molecular weight excluding hydrogens is 281 g/mol. The molecule has 0 bridgehead atoms. The fourth-order valence-electron chi connectivity index (χ4n) is 1.86. The van der Waals surface area contributed by atoms with E-state index in [2.05, 4.69) is 5.32 Å². The second-order valence-corrected chi connectivity index (χ2v) is 4.73. The Morgan fingerprint density at radius 2 is 1.95 bits per heavy atom. The Morgan fingerprint density at radius 3 is 2.73 bits per heavy atom. The maximum Gasteiger partial charge on any atom is 0.407 e. The van der Waals surface area contributed by atoms with Crippen molar-refractivity contribution >= 4 is 12.2 Å². The van der Waals surface area contributed by atoms with Gasteiger partial charge in [0.25, 0.3) is 0 Å². The van der Waals surface area contributed by atoms with E-state index in [0.717, 1.165) is 11.1 Å². The van der Waals surface area contributed by atoms with Crippen molar-refractivity contribution < 1.29 is 13.9 Å². The summed E-state index contributed by atoms with van der Waals surface area (Å²) in [6.07, 6.45) is 3.91. The Kier molecular flexibility index (Phi) is 6.18. The van der Waals surface area contributed by atoms with E-state index in [1.807, 2.05) is 48.6 Å². The van der Waals surface area contributed by atoms with Crippen molar-refractivity contribution in [3.8, 4) is 0 Å². The summed E-state index contributed by atoms with van der Waals surface area (Å²) in [4.78, 5) is 11.5. The van der Waals surface area contributed by atoms with Gasteiger partial charge in [0.2, 0.25) is 0 Å². The van der Waals surface area contributed by atoms with Crippen molar-refractivity contribution in [2.45, 2.75) is 13.0 Å². The Labute approximate surface area is 129 Å². The average molecular weight is 299 g/mol. The molecule has 0 aliphatic heterocycles. The van der Waals surface area contributed by atoms with E-state index >= 15 is 0 Å². The molecule has 0 aromatic heterocycles. The Hall–Kier alpha value is -2.62. The molecule has 2 aromatic carbocycles. The molecule has 2 rings (SSSR count). The van der Waals surface area contributed by atoms with Crippen molar-refractivity contribution in [2.24, 2.45) is 0 Å². The highest BCUT2D eigenvalue weighted by Crippen LogP contribution is 2.05. The van der Waals surface area contributed by atoms with Gasteiger partial charge in [0.1, 0.15) is 12.4 Å². The molecular formula is C18H18FNO2. The number of amides is 1. The molecule has 22 heavy (non-hydrogen) atoms. The number of alkyl carbamates (subject to hydrolysis) is 1. The van der Waals surface area contributed by atoms with Gasteiger partial charge in [-0.2, -0.15) is 0 Å². The third-order valence-electron chi connectivity index (χ3n) is 2.95. The Balaban J connectivity index is 1.63. The lowest BCUT2D eigenvalue weighted by atomic mass is 10.2. The number of hydrogen-bond acceptors (Lipinski definition) is 2. The number of rotatable bonds is 6. The van der Waals surface area contributed by atoms with E-state index in [1.165, 1.54) is 12.1 Å². The van der Waals surface area contributed by atoms with E-state index in [4.69, 9.17) is 4.74 Å². The predicted molar refractivity (Wildman–Crippen MR) is 84.7 cm³/mol. The first-order valence-electron chi connectivity index (χ1n) is 7.11. The van der Waals surface area contributed by atoms with Gasteiger partial charge in [-0.3, -0.25) is 0 Å². The number of halogens is 1. The lowest BCUT2D eigenvalue weighted by Gasteiger charge is -2.05. The fraction of sp³-hybridized carbons (Fsp3) is 0.167. The number of ether oxygens (including phenoxy) is 1. The number of carbonyl (C=O) groups excluding carboxylic acids is 1.